The largest absolute Gasteiger partial charge is 0.364 e. The predicted molar refractivity (Wildman–Crippen MR) is 75.3 cm³/mol. The molecular formula is C12H11N5O3S. The number of aromatic nitrogens is 4. The van der Waals surface area contributed by atoms with Gasteiger partial charge in [-0.3, -0.25) is 4.55 Å². The molecule has 0 radical (unpaired) electrons. The minimum absolute atomic E-state index is 0.135. The Bertz CT molecular complexity index is 873. The van der Waals surface area contributed by atoms with Crippen molar-refractivity contribution in [2.75, 3.05) is 5.32 Å². The first-order chi connectivity index (χ1) is 10.0. The molecule has 3 N–H and O–H groups in total. The molecule has 0 aliphatic heterocycles. The second-order valence-electron chi connectivity index (χ2n) is 4.30. The minimum Gasteiger partial charge on any atom is -0.364 e. The van der Waals surface area contributed by atoms with E-state index in [0.29, 0.717) is 23.5 Å². The number of anilines is 1. The standard InChI is InChI=1S/C12H11N5O3S/c18-21(19,20)9-3-1-8(2-4-9)5-13-11-10-12(15-6-14-10)17-7-16-11/h1-4,6-7H,5H2,(H,18,19,20)(H2,13,14,15,16,17). The van der Waals surface area contributed by atoms with E-state index in [0.717, 1.165) is 5.56 Å². The quantitative estimate of drug-likeness (QED) is 0.619. The summed E-state index contributed by atoms with van der Waals surface area (Å²) in [5.74, 6) is 0.608. The fourth-order valence-electron chi connectivity index (χ4n) is 1.86. The fourth-order valence-corrected chi connectivity index (χ4v) is 2.34. The summed E-state index contributed by atoms with van der Waals surface area (Å²) in [5.41, 5.74) is 2.11. The Labute approximate surface area is 120 Å². The van der Waals surface area contributed by atoms with Crippen LogP contribution in [0.25, 0.3) is 11.2 Å². The van der Waals surface area contributed by atoms with Gasteiger partial charge in [0, 0.05) is 6.54 Å². The summed E-state index contributed by atoms with van der Waals surface area (Å²) >= 11 is 0. The molecule has 0 atom stereocenters. The van der Waals surface area contributed by atoms with E-state index < -0.39 is 10.1 Å². The van der Waals surface area contributed by atoms with Gasteiger partial charge in [-0.1, -0.05) is 12.1 Å². The molecule has 9 heteroatoms. The third-order valence-electron chi connectivity index (χ3n) is 2.90. The summed E-state index contributed by atoms with van der Waals surface area (Å²) < 4.78 is 30.8. The maximum atomic E-state index is 11.0. The smallest absolute Gasteiger partial charge is 0.294 e. The number of aromatic amines is 1. The third-order valence-corrected chi connectivity index (χ3v) is 3.77. The Morgan fingerprint density at radius 2 is 1.90 bits per heavy atom. The van der Waals surface area contributed by atoms with Crippen LogP contribution in [0.2, 0.25) is 0 Å². The number of benzene rings is 1. The van der Waals surface area contributed by atoms with Gasteiger partial charge < -0.3 is 10.3 Å². The Morgan fingerprint density at radius 1 is 1.14 bits per heavy atom. The van der Waals surface area contributed by atoms with Crippen molar-refractivity contribution in [2.45, 2.75) is 11.4 Å². The minimum atomic E-state index is -4.16. The summed E-state index contributed by atoms with van der Waals surface area (Å²) in [6.45, 7) is 0.441. The summed E-state index contributed by atoms with van der Waals surface area (Å²) in [7, 11) is -4.16. The first-order valence-electron chi connectivity index (χ1n) is 5.98. The van der Waals surface area contributed by atoms with Crippen LogP contribution >= 0.6 is 0 Å². The van der Waals surface area contributed by atoms with Gasteiger partial charge in [-0.2, -0.15) is 8.42 Å². The predicted octanol–water partition coefficient (Wildman–Crippen LogP) is 1.21. The lowest BCUT2D eigenvalue weighted by Crippen LogP contribution is -2.03. The third kappa shape index (κ3) is 2.83. The van der Waals surface area contributed by atoms with Crippen LogP contribution in [-0.4, -0.2) is 32.9 Å². The molecule has 21 heavy (non-hydrogen) atoms. The zero-order valence-corrected chi connectivity index (χ0v) is 11.5. The lowest BCUT2D eigenvalue weighted by atomic mass is 10.2. The maximum Gasteiger partial charge on any atom is 0.294 e. The summed E-state index contributed by atoms with van der Waals surface area (Å²) in [5, 5.41) is 3.11. The highest BCUT2D eigenvalue weighted by Gasteiger charge is 2.09. The molecule has 3 rings (SSSR count). The summed E-state index contributed by atoms with van der Waals surface area (Å²) in [6.07, 6.45) is 2.94. The molecule has 8 nitrogen and oxygen atoms in total. The fraction of sp³-hybridized carbons (Fsp3) is 0.0833. The molecule has 0 saturated heterocycles. The number of rotatable bonds is 4. The van der Waals surface area contributed by atoms with Gasteiger partial charge >= 0.3 is 0 Å². The highest BCUT2D eigenvalue weighted by molar-refractivity contribution is 7.85. The number of hydrogen-bond donors (Lipinski definition) is 3. The monoisotopic (exact) mass is 305 g/mol. The number of hydrogen-bond acceptors (Lipinski definition) is 6. The van der Waals surface area contributed by atoms with Gasteiger partial charge in [-0.25, -0.2) is 15.0 Å². The van der Waals surface area contributed by atoms with Crippen LogP contribution in [0.15, 0.2) is 41.8 Å². The van der Waals surface area contributed by atoms with Gasteiger partial charge in [0.25, 0.3) is 10.1 Å². The van der Waals surface area contributed by atoms with Crippen molar-refractivity contribution < 1.29 is 13.0 Å². The highest BCUT2D eigenvalue weighted by atomic mass is 32.2. The molecule has 0 fully saturated rings. The number of nitrogens with one attached hydrogen (secondary N) is 2. The highest BCUT2D eigenvalue weighted by Crippen LogP contribution is 2.16. The molecular weight excluding hydrogens is 294 g/mol. The number of nitrogens with zero attached hydrogens (tertiary/aromatic N) is 3. The van der Waals surface area contributed by atoms with E-state index in [4.69, 9.17) is 4.55 Å². The molecule has 0 amide bonds. The maximum absolute atomic E-state index is 11.0. The molecule has 2 heterocycles. The van der Waals surface area contributed by atoms with Crippen LogP contribution < -0.4 is 5.32 Å². The molecule has 0 unspecified atom stereocenters. The van der Waals surface area contributed by atoms with Crippen LogP contribution in [0.4, 0.5) is 5.82 Å². The number of fused-ring (bicyclic) bond motifs is 1. The first-order valence-corrected chi connectivity index (χ1v) is 7.42. The van der Waals surface area contributed by atoms with E-state index >= 15 is 0 Å². The van der Waals surface area contributed by atoms with Crippen molar-refractivity contribution in [3.8, 4) is 0 Å². The summed E-state index contributed by atoms with van der Waals surface area (Å²) in [6, 6.07) is 5.92. The molecule has 3 aromatic rings. The molecule has 0 bridgehead atoms. The topological polar surface area (TPSA) is 121 Å². The van der Waals surface area contributed by atoms with Gasteiger partial charge in [0.15, 0.2) is 11.5 Å². The molecule has 1 aromatic carbocycles. The Kier molecular flexibility index (Phi) is 3.28. The molecule has 0 saturated carbocycles. The zero-order valence-electron chi connectivity index (χ0n) is 10.7. The van der Waals surface area contributed by atoms with Gasteiger partial charge in [-0.05, 0) is 17.7 Å². The average molecular weight is 305 g/mol. The number of H-pyrrole nitrogens is 1. The van der Waals surface area contributed by atoms with Crippen molar-refractivity contribution in [1.82, 2.24) is 19.9 Å². The van der Waals surface area contributed by atoms with Crippen molar-refractivity contribution in [3.63, 3.8) is 0 Å². The van der Waals surface area contributed by atoms with Gasteiger partial charge in [0.2, 0.25) is 0 Å². The van der Waals surface area contributed by atoms with Gasteiger partial charge in [-0.15, -0.1) is 0 Å². The molecule has 2 aromatic heterocycles. The van der Waals surface area contributed by atoms with E-state index in [1.165, 1.54) is 24.8 Å². The van der Waals surface area contributed by atoms with Crippen molar-refractivity contribution in [2.24, 2.45) is 0 Å². The molecule has 0 aliphatic carbocycles. The normalized spacial score (nSPS) is 11.7. The van der Waals surface area contributed by atoms with Crippen LogP contribution in [0.3, 0.4) is 0 Å². The number of imidazole rings is 1. The van der Waals surface area contributed by atoms with E-state index in [1.807, 2.05) is 0 Å². The molecule has 0 spiro atoms. The van der Waals surface area contributed by atoms with E-state index in [-0.39, 0.29) is 4.90 Å². The van der Waals surface area contributed by atoms with Crippen molar-refractivity contribution in [1.29, 1.82) is 0 Å². The van der Waals surface area contributed by atoms with Gasteiger partial charge in [0.1, 0.15) is 11.8 Å². The summed E-state index contributed by atoms with van der Waals surface area (Å²) in [4.78, 5) is 15.0. The van der Waals surface area contributed by atoms with E-state index in [1.54, 1.807) is 12.1 Å². The van der Waals surface area contributed by atoms with Crippen LogP contribution in [0, 0.1) is 0 Å². The lowest BCUT2D eigenvalue weighted by Gasteiger charge is -2.06. The van der Waals surface area contributed by atoms with E-state index in [9.17, 15) is 8.42 Å². The zero-order chi connectivity index (χ0) is 14.9. The van der Waals surface area contributed by atoms with Crippen LogP contribution in [0.1, 0.15) is 5.56 Å². The molecule has 0 aliphatic rings. The first kappa shape index (κ1) is 13.5. The van der Waals surface area contributed by atoms with Crippen LogP contribution in [-0.2, 0) is 16.7 Å². The molecule has 108 valence electrons. The lowest BCUT2D eigenvalue weighted by molar-refractivity contribution is 0.483. The Morgan fingerprint density at radius 3 is 2.62 bits per heavy atom. The Balaban J connectivity index is 1.77. The van der Waals surface area contributed by atoms with Crippen molar-refractivity contribution >= 4 is 27.1 Å². The average Bonchev–Trinajstić information content (AvgIpc) is 2.93. The second kappa shape index (κ2) is 5.11. The van der Waals surface area contributed by atoms with E-state index in [2.05, 4.69) is 25.3 Å². The van der Waals surface area contributed by atoms with Crippen LogP contribution in [0.5, 0.6) is 0 Å². The van der Waals surface area contributed by atoms with Crippen molar-refractivity contribution in [3.05, 3.63) is 42.5 Å². The van der Waals surface area contributed by atoms with Gasteiger partial charge in [0.05, 0.1) is 11.2 Å². The Hall–Kier alpha value is -2.52. The second-order valence-corrected chi connectivity index (χ2v) is 5.72. The SMILES string of the molecule is O=S(=O)(O)c1ccc(CNc2ncnc3nc[nH]c23)cc1.